The van der Waals surface area contributed by atoms with Gasteiger partial charge in [0.15, 0.2) is 11.6 Å². The number of hydrogen-bond donors (Lipinski definition) is 2. The molecule has 0 aromatic carbocycles. The van der Waals surface area contributed by atoms with Gasteiger partial charge >= 0.3 is 0 Å². The van der Waals surface area contributed by atoms with E-state index in [0.29, 0.717) is 5.92 Å². The van der Waals surface area contributed by atoms with Crippen LogP contribution in [0.4, 0.5) is 0 Å². The van der Waals surface area contributed by atoms with E-state index in [1.165, 1.54) is 0 Å². The molecule has 6 fully saturated rings. The summed E-state index contributed by atoms with van der Waals surface area (Å²) in [4.78, 5) is 0. The molecule has 6 aliphatic rings. The van der Waals surface area contributed by atoms with Crippen LogP contribution in [0.15, 0.2) is 0 Å². The zero-order valence-corrected chi connectivity index (χ0v) is 33.6. The van der Waals surface area contributed by atoms with Gasteiger partial charge in [-0.15, -0.1) is 0 Å². The first-order chi connectivity index (χ1) is 24.1. The van der Waals surface area contributed by atoms with E-state index in [1.807, 2.05) is 7.11 Å². The van der Waals surface area contributed by atoms with Crippen LogP contribution in [-0.4, -0.2) is 109 Å². The van der Waals surface area contributed by atoms with Crippen molar-refractivity contribution in [3.8, 4) is 0 Å². The number of hydrogen-bond acceptors (Lipinski definition) is 10. The zero-order valence-electron chi connectivity index (χ0n) is 33.6. The zero-order chi connectivity index (χ0) is 37.1. The highest BCUT2D eigenvalue weighted by atomic mass is 16.7. The molecule has 1 unspecified atom stereocenters. The van der Waals surface area contributed by atoms with Gasteiger partial charge in [-0.2, -0.15) is 0 Å². The molecular weight excluding hydrogens is 652 g/mol. The van der Waals surface area contributed by atoms with Gasteiger partial charge in [-0.3, -0.25) is 0 Å². The molecule has 0 amide bonds. The standard InChI is InChI=1S/C41H72O10/c1-23-12-13-30(46-35(23)26(4)21-42)18-31-19-32(44-10)29(7)41(48-31)28(6)20-39(9,51-41)34-14-15-38(8,49-34)37-25(3)17-33(47-37)36-24(2)16-27(5)40(22-43,45-11)50-36/h23-37,42-43H,12-22H2,1-11H3/t23-,24-,25-,26-,27+,28+,29+,30+,31+,32+,33+,34+,35+,36-,37+,38-,39-,40-,41?/m0/s1. The third-order valence-corrected chi connectivity index (χ3v) is 14.7. The molecule has 1 spiro atoms. The Bertz CT molecular complexity index is 1160. The van der Waals surface area contributed by atoms with Crippen molar-refractivity contribution in [2.75, 3.05) is 27.4 Å². The molecule has 0 aromatic rings. The lowest BCUT2D eigenvalue weighted by atomic mass is 9.78. The molecule has 0 radical (unpaired) electrons. The monoisotopic (exact) mass is 725 g/mol. The summed E-state index contributed by atoms with van der Waals surface area (Å²) < 4.78 is 53.7. The summed E-state index contributed by atoms with van der Waals surface area (Å²) in [5.74, 6) is -0.370. The van der Waals surface area contributed by atoms with E-state index >= 15 is 0 Å². The predicted molar refractivity (Wildman–Crippen MR) is 193 cm³/mol. The molecule has 10 heteroatoms. The van der Waals surface area contributed by atoms with Crippen molar-refractivity contribution in [2.45, 2.75) is 192 Å². The first-order valence-electron chi connectivity index (χ1n) is 20.4. The summed E-state index contributed by atoms with van der Waals surface area (Å²) in [7, 11) is 3.44. The van der Waals surface area contributed by atoms with Gasteiger partial charge in [0.25, 0.3) is 0 Å². The summed E-state index contributed by atoms with van der Waals surface area (Å²) in [5.41, 5.74) is -0.985. The first kappa shape index (κ1) is 40.3. The molecule has 0 bridgehead atoms. The van der Waals surface area contributed by atoms with E-state index in [1.54, 1.807) is 7.11 Å². The number of aliphatic hydroxyl groups excluding tert-OH is 2. The van der Waals surface area contributed by atoms with E-state index in [2.05, 4.69) is 62.3 Å². The molecule has 0 aromatic heterocycles. The molecule has 19 atom stereocenters. The Hall–Kier alpha value is -0.400. The van der Waals surface area contributed by atoms with Crippen LogP contribution in [0.3, 0.4) is 0 Å². The molecule has 6 saturated heterocycles. The fraction of sp³-hybridized carbons (Fsp3) is 1.00. The molecule has 51 heavy (non-hydrogen) atoms. The maximum atomic E-state index is 10.3. The largest absolute Gasteiger partial charge is 0.396 e. The molecule has 10 nitrogen and oxygen atoms in total. The Morgan fingerprint density at radius 1 is 0.784 bits per heavy atom. The second-order valence-electron chi connectivity index (χ2n) is 18.6. The van der Waals surface area contributed by atoms with Crippen molar-refractivity contribution in [1.29, 1.82) is 0 Å². The quantitative estimate of drug-likeness (QED) is 0.268. The highest BCUT2D eigenvalue weighted by Gasteiger charge is 2.65. The average molecular weight is 725 g/mol. The minimum atomic E-state index is -0.996. The van der Waals surface area contributed by atoms with Crippen LogP contribution in [0, 0.1) is 41.4 Å². The van der Waals surface area contributed by atoms with Crippen molar-refractivity contribution in [1.82, 2.24) is 0 Å². The third-order valence-electron chi connectivity index (χ3n) is 14.7. The summed E-state index contributed by atoms with van der Waals surface area (Å²) in [6.45, 7) is 19.8. The van der Waals surface area contributed by atoms with Gasteiger partial charge in [-0.1, -0.05) is 48.5 Å². The fourth-order valence-electron chi connectivity index (χ4n) is 11.6. The highest BCUT2D eigenvalue weighted by Crippen LogP contribution is 2.57. The van der Waals surface area contributed by atoms with Crippen molar-refractivity contribution < 1.29 is 48.1 Å². The van der Waals surface area contributed by atoms with Gasteiger partial charge in [0.1, 0.15) is 0 Å². The van der Waals surface area contributed by atoms with E-state index in [0.717, 1.165) is 57.8 Å². The number of methoxy groups -OCH3 is 2. The van der Waals surface area contributed by atoms with E-state index < -0.39 is 22.8 Å². The van der Waals surface area contributed by atoms with Gasteiger partial charge < -0.3 is 48.1 Å². The minimum absolute atomic E-state index is 0.0118. The number of aliphatic hydroxyl groups is 2. The average Bonchev–Trinajstić information content (AvgIpc) is 3.77. The predicted octanol–water partition coefficient (Wildman–Crippen LogP) is 6.27. The first-order valence-corrected chi connectivity index (χ1v) is 20.4. The highest BCUT2D eigenvalue weighted by molar-refractivity contribution is 5.09. The lowest BCUT2D eigenvalue weighted by Gasteiger charge is -2.50. The Morgan fingerprint density at radius 2 is 1.53 bits per heavy atom. The summed E-state index contributed by atoms with van der Waals surface area (Å²) in [6, 6.07) is 0. The van der Waals surface area contributed by atoms with Crippen molar-refractivity contribution >= 4 is 0 Å². The van der Waals surface area contributed by atoms with Crippen LogP contribution in [0.5, 0.6) is 0 Å². The van der Waals surface area contributed by atoms with Crippen LogP contribution in [0.1, 0.15) is 120 Å². The molecule has 0 aliphatic carbocycles. The topological polar surface area (TPSA) is 114 Å². The van der Waals surface area contributed by atoms with Crippen molar-refractivity contribution in [2.24, 2.45) is 41.4 Å². The summed E-state index contributed by atoms with van der Waals surface area (Å²) in [5, 5.41) is 20.1. The van der Waals surface area contributed by atoms with Crippen molar-refractivity contribution in [3.05, 3.63) is 0 Å². The molecule has 296 valence electrons. The Balaban J connectivity index is 1.13. The maximum absolute atomic E-state index is 10.3. The normalized spacial score (nSPS) is 54.3. The summed E-state index contributed by atoms with van der Waals surface area (Å²) in [6.07, 6.45) is 7.80. The van der Waals surface area contributed by atoms with E-state index in [-0.39, 0.29) is 97.6 Å². The van der Waals surface area contributed by atoms with Gasteiger partial charge in [-0.05, 0) is 76.5 Å². The Labute approximate surface area is 308 Å². The second-order valence-corrected chi connectivity index (χ2v) is 18.6. The van der Waals surface area contributed by atoms with Crippen molar-refractivity contribution in [3.63, 3.8) is 0 Å². The van der Waals surface area contributed by atoms with Crippen LogP contribution in [0.2, 0.25) is 0 Å². The number of rotatable bonds is 10. The Kier molecular flexibility index (Phi) is 12.1. The Morgan fingerprint density at radius 3 is 2.20 bits per heavy atom. The van der Waals surface area contributed by atoms with Gasteiger partial charge in [-0.25, -0.2) is 0 Å². The van der Waals surface area contributed by atoms with Crippen LogP contribution < -0.4 is 0 Å². The van der Waals surface area contributed by atoms with Gasteiger partial charge in [0.2, 0.25) is 0 Å². The van der Waals surface area contributed by atoms with E-state index in [9.17, 15) is 10.2 Å². The molecule has 6 rings (SSSR count). The van der Waals surface area contributed by atoms with Crippen LogP contribution in [-0.2, 0) is 37.9 Å². The fourth-order valence-corrected chi connectivity index (χ4v) is 11.6. The summed E-state index contributed by atoms with van der Waals surface area (Å²) >= 11 is 0. The van der Waals surface area contributed by atoms with Gasteiger partial charge in [0.05, 0.1) is 66.6 Å². The smallest absolute Gasteiger partial charge is 0.194 e. The third kappa shape index (κ3) is 7.24. The lowest BCUT2D eigenvalue weighted by molar-refractivity contribution is -0.353. The maximum Gasteiger partial charge on any atom is 0.194 e. The minimum Gasteiger partial charge on any atom is -0.396 e. The molecular formula is C41H72O10. The van der Waals surface area contributed by atoms with Crippen LogP contribution in [0.25, 0.3) is 0 Å². The lowest BCUT2D eigenvalue weighted by Crippen LogP contribution is -2.58. The van der Waals surface area contributed by atoms with Gasteiger partial charge in [0, 0.05) is 57.3 Å². The molecule has 2 N–H and O–H groups in total. The SMILES string of the molecule is CO[C@@H]1C[C@@H](C[C@H]2CC[C@H](C)[C@H]([C@@H](C)CO)O2)OC2(O[C@](C)([C@H]3CC[C@@](C)([C@@H]4O[C@@H]([C@H]5O[C@](CO)(OC)[C@H](C)C[C@@H]5C)C[C@@H]4C)O3)C[C@H]2C)[C@@H]1C. The molecule has 6 aliphatic heterocycles. The van der Waals surface area contributed by atoms with E-state index in [4.69, 9.17) is 37.9 Å². The number of ether oxygens (including phenoxy) is 8. The molecule has 6 heterocycles. The van der Waals surface area contributed by atoms with Crippen LogP contribution >= 0.6 is 0 Å². The second kappa shape index (κ2) is 15.3. The molecule has 0 saturated carbocycles.